The van der Waals surface area contributed by atoms with Crippen LogP contribution in [0, 0.1) is 0 Å². The van der Waals surface area contributed by atoms with Gasteiger partial charge in [-0.05, 0) is 72.4 Å². The molecular formula is C23H18BrClN4O2S. The standard InChI is InChI=1S/C23H18BrClN4O2S/c1-31-18-9-7-17(8-10-18)26-23(32)28-27-21-19-12-15(24)4-11-20(19)29(22(21)30)13-14-2-5-16(25)6-3-14/h2-12,30H,13H2,1H3,(H,26,32). The van der Waals surface area contributed by atoms with Crippen LogP contribution in [0.2, 0.25) is 5.02 Å². The summed E-state index contributed by atoms with van der Waals surface area (Å²) >= 11 is 14.8. The predicted molar refractivity (Wildman–Crippen MR) is 136 cm³/mol. The van der Waals surface area contributed by atoms with Gasteiger partial charge < -0.3 is 19.7 Å². The van der Waals surface area contributed by atoms with Crippen molar-refractivity contribution < 1.29 is 9.84 Å². The summed E-state index contributed by atoms with van der Waals surface area (Å²) in [5.74, 6) is 0.746. The summed E-state index contributed by atoms with van der Waals surface area (Å²) in [4.78, 5) is 0. The molecule has 0 aliphatic carbocycles. The Morgan fingerprint density at radius 1 is 1.12 bits per heavy atom. The first kappa shape index (κ1) is 22.3. The van der Waals surface area contributed by atoms with Crippen LogP contribution in [0.25, 0.3) is 10.9 Å². The van der Waals surface area contributed by atoms with Gasteiger partial charge in [0.05, 0.1) is 19.2 Å². The molecule has 0 fully saturated rings. The van der Waals surface area contributed by atoms with Gasteiger partial charge in [0.1, 0.15) is 5.75 Å². The third kappa shape index (κ3) is 4.93. The number of fused-ring (bicyclic) bond motifs is 1. The first-order valence-electron chi connectivity index (χ1n) is 9.56. The number of nitrogens with zero attached hydrogens (tertiary/aromatic N) is 3. The highest BCUT2D eigenvalue weighted by Crippen LogP contribution is 2.40. The average molecular weight is 530 g/mol. The summed E-state index contributed by atoms with van der Waals surface area (Å²) in [7, 11) is 1.61. The Kier molecular flexibility index (Phi) is 6.74. The van der Waals surface area contributed by atoms with Gasteiger partial charge in [0.25, 0.3) is 0 Å². The van der Waals surface area contributed by atoms with Gasteiger partial charge in [0.2, 0.25) is 11.0 Å². The van der Waals surface area contributed by atoms with Gasteiger partial charge in [0, 0.05) is 20.6 Å². The number of anilines is 1. The van der Waals surface area contributed by atoms with E-state index in [0.717, 1.165) is 32.4 Å². The number of aromatic hydroxyl groups is 1. The number of aromatic nitrogens is 1. The maximum absolute atomic E-state index is 11.0. The molecule has 0 aliphatic heterocycles. The van der Waals surface area contributed by atoms with Crippen LogP contribution < -0.4 is 10.1 Å². The lowest BCUT2D eigenvalue weighted by atomic mass is 10.2. The Balaban J connectivity index is 1.63. The van der Waals surface area contributed by atoms with Gasteiger partial charge in [0.15, 0.2) is 5.69 Å². The second-order valence-corrected chi connectivity index (χ2v) is 8.64. The molecule has 0 saturated heterocycles. The fourth-order valence-electron chi connectivity index (χ4n) is 3.24. The minimum Gasteiger partial charge on any atom is -0.497 e. The lowest BCUT2D eigenvalue weighted by Crippen LogP contribution is -2.04. The van der Waals surface area contributed by atoms with Crippen molar-refractivity contribution in [3.8, 4) is 11.6 Å². The number of hydrogen-bond donors (Lipinski definition) is 2. The molecule has 1 heterocycles. The molecule has 3 aromatic carbocycles. The third-order valence-electron chi connectivity index (χ3n) is 4.81. The largest absolute Gasteiger partial charge is 0.497 e. The zero-order valence-electron chi connectivity index (χ0n) is 16.9. The Hall–Kier alpha value is -2.94. The van der Waals surface area contributed by atoms with Crippen molar-refractivity contribution in [2.75, 3.05) is 12.4 Å². The lowest BCUT2D eigenvalue weighted by molar-refractivity contribution is 0.415. The number of halogens is 2. The lowest BCUT2D eigenvalue weighted by Gasteiger charge is -2.07. The smallest absolute Gasteiger partial charge is 0.221 e. The van der Waals surface area contributed by atoms with E-state index in [4.69, 9.17) is 28.6 Å². The Labute approximate surface area is 203 Å². The average Bonchev–Trinajstić information content (AvgIpc) is 3.04. The minimum absolute atomic E-state index is 0.00375. The maximum atomic E-state index is 11.0. The Bertz CT molecular complexity index is 1300. The molecule has 1 aromatic heterocycles. The molecule has 0 spiro atoms. The van der Waals surface area contributed by atoms with Crippen molar-refractivity contribution in [1.82, 2.24) is 4.57 Å². The second-order valence-electron chi connectivity index (χ2n) is 6.90. The quantitative estimate of drug-likeness (QED) is 0.210. The molecule has 0 bridgehead atoms. The van der Waals surface area contributed by atoms with Crippen LogP contribution in [0.15, 0.2) is 81.4 Å². The molecule has 4 rings (SSSR count). The first-order valence-corrected chi connectivity index (χ1v) is 11.1. The van der Waals surface area contributed by atoms with Crippen molar-refractivity contribution in [2.24, 2.45) is 10.2 Å². The van der Waals surface area contributed by atoms with E-state index in [2.05, 4.69) is 31.5 Å². The monoisotopic (exact) mass is 528 g/mol. The number of thiocarbonyl (C=S) groups is 1. The van der Waals surface area contributed by atoms with E-state index >= 15 is 0 Å². The molecule has 0 atom stereocenters. The molecule has 0 unspecified atom stereocenters. The fraction of sp³-hybridized carbons (Fsp3) is 0.0870. The molecule has 0 saturated carbocycles. The second kappa shape index (κ2) is 9.68. The van der Waals surface area contributed by atoms with Crippen molar-refractivity contribution in [3.63, 3.8) is 0 Å². The van der Waals surface area contributed by atoms with E-state index in [-0.39, 0.29) is 11.0 Å². The number of nitrogens with one attached hydrogen (secondary N) is 1. The highest BCUT2D eigenvalue weighted by molar-refractivity contribution is 9.10. The van der Waals surface area contributed by atoms with Crippen LogP contribution in [0.5, 0.6) is 11.6 Å². The molecule has 4 aromatic rings. The van der Waals surface area contributed by atoms with Crippen LogP contribution in [-0.2, 0) is 6.54 Å². The normalized spacial score (nSPS) is 11.2. The topological polar surface area (TPSA) is 71.1 Å². The number of benzene rings is 3. The molecule has 0 radical (unpaired) electrons. The summed E-state index contributed by atoms with van der Waals surface area (Å²) < 4.78 is 7.79. The molecule has 32 heavy (non-hydrogen) atoms. The van der Waals surface area contributed by atoms with Crippen molar-refractivity contribution in [2.45, 2.75) is 6.54 Å². The zero-order chi connectivity index (χ0) is 22.7. The fourth-order valence-corrected chi connectivity index (χ4v) is 3.89. The van der Waals surface area contributed by atoms with Crippen LogP contribution >= 0.6 is 39.7 Å². The van der Waals surface area contributed by atoms with E-state index in [1.165, 1.54) is 0 Å². The maximum Gasteiger partial charge on any atom is 0.221 e. The van der Waals surface area contributed by atoms with Gasteiger partial charge in [-0.1, -0.05) is 39.7 Å². The summed E-state index contributed by atoms with van der Waals surface area (Å²) in [6, 6.07) is 20.5. The van der Waals surface area contributed by atoms with Gasteiger partial charge in [-0.25, -0.2) is 0 Å². The van der Waals surface area contributed by atoms with E-state index < -0.39 is 0 Å². The van der Waals surface area contributed by atoms with E-state index in [1.54, 1.807) is 11.7 Å². The Morgan fingerprint density at radius 3 is 2.53 bits per heavy atom. The van der Waals surface area contributed by atoms with Crippen molar-refractivity contribution >= 4 is 67.1 Å². The van der Waals surface area contributed by atoms with Crippen LogP contribution in [0.3, 0.4) is 0 Å². The van der Waals surface area contributed by atoms with Gasteiger partial charge in [-0.3, -0.25) is 0 Å². The molecular weight excluding hydrogens is 512 g/mol. The molecule has 2 N–H and O–H groups in total. The van der Waals surface area contributed by atoms with Crippen LogP contribution in [0.4, 0.5) is 11.4 Å². The Morgan fingerprint density at radius 2 is 1.84 bits per heavy atom. The summed E-state index contributed by atoms with van der Waals surface area (Å²) in [6.07, 6.45) is 0. The SMILES string of the molecule is COc1ccc(NC(=S)N=Nc2c(O)n(Cc3ccc(Cl)cc3)c3ccc(Br)cc23)cc1. The molecule has 0 amide bonds. The third-order valence-corrected chi connectivity index (χ3v) is 5.74. The summed E-state index contributed by atoms with van der Waals surface area (Å²) in [6.45, 7) is 0.450. The first-order chi connectivity index (χ1) is 15.4. The minimum atomic E-state index is 0.00375. The number of azo groups is 1. The van der Waals surface area contributed by atoms with Gasteiger partial charge in [-0.2, -0.15) is 0 Å². The molecule has 6 nitrogen and oxygen atoms in total. The number of ether oxygens (including phenoxy) is 1. The zero-order valence-corrected chi connectivity index (χ0v) is 20.1. The summed E-state index contributed by atoms with van der Waals surface area (Å²) in [5, 5.41) is 23.9. The number of hydrogen-bond acceptors (Lipinski definition) is 4. The highest BCUT2D eigenvalue weighted by atomic mass is 79.9. The van der Waals surface area contributed by atoms with Crippen LogP contribution in [-0.4, -0.2) is 21.9 Å². The van der Waals surface area contributed by atoms with E-state index in [0.29, 0.717) is 17.3 Å². The van der Waals surface area contributed by atoms with Gasteiger partial charge >= 0.3 is 0 Å². The summed E-state index contributed by atoms with van der Waals surface area (Å²) in [5.41, 5.74) is 2.91. The van der Waals surface area contributed by atoms with Crippen LogP contribution in [0.1, 0.15) is 5.56 Å². The van der Waals surface area contributed by atoms with E-state index in [1.807, 2.05) is 66.7 Å². The number of rotatable bonds is 5. The highest BCUT2D eigenvalue weighted by Gasteiger charge is 2.17. The molecule has 0 aliphatic rings. The van der Waals surface area contributed by atoms with Crippen molar-refractivity contribution in [1.29, 1.82) is 0 Å². The van der Waals surface area contributed by atoms with Crippen molar-refractivity contribution in [3.05, 3.63) is 81.8 Å². The van der Waals surface area contributed by atoms with E-state index in [9.17, 15) is 5.11 Å². The molecule has 9 heteroatoms. The number of methoxy groups -OCH3 is 1. The molecule has 162 valence electrons. The predicted octanol–water partition coefficient (Wildman–Crippen LogP) is 7.30. The van der Waals surface area contributed by atoms with Gasteiger partial charge in [-0.15, -0.1) is 10.2 Å².